The average Bonchev–Trinajstić information content (AvgIpc) is 3.28. The first-order chi connectivity index (χ1) is 31.0. The number of nitrogens with one attached hydrogen (secondary N) is 1. The van der Waals surface area contributed by atoms with Crippen LogP contribution >= 0.6 is 0 Å². The van der Waals surface area contributed by atoms with Crippen molar-refractivity contribution in [2.75, 3.05) is 6.61 Å². The van der Waals surface area contributed by atoms with Crippen LogP contribution in [0.4, 0.5) is 0 Å². The van der Waals surface area contributed by atoms with E-state index >= 15 is 0 Å². The monoisotopic (exact) mass is 878 g/mol. The molecular weight excluding hydrogens is 779 g/mol. The molecule has 6 heteroatoms. The van der Waals surface area contributed by atoms with Crippen LogP contribution in [-0.4, -0.2) is 46.9 Å². The number of allylic oxidation sites excluding steroid dienone is 14. The van der Waals surface area contributed by atoms with Gasteiger partial charge in [0.1, 0.15) is 6.10 Å². The third-order valence-electron chi connectivity index (χ3n) is 11.5. The fourth-order valence-electron chi connectivity index (χ4n) is 7.51. The Morgan fingerprint density at radius 1 is 0.476 bits per heavy atom. The predicted molar refractivity (Wildman–Crippen MR) is 273 cm³/mol. The molecule has 63 heavy (non-hydrogen) atoms. The van der Waals surface area contributed by atoms with Gasteiger partial charge in [0.05, 0.1) is 25.2 Å². The molecule has 1 amide bonds. The summed E-state index contributed by atoms with van der Waals surface area (Å²) < 4.78 is 5.90. The summed E-state index contributed by atoms with van der Waals surface area (Å²) in [5.74, 6) is -0.583. The minimum Gasteiger partial charge on any atom is -0.462 e. The SMILES string of the molecule is CC/C=C/C/C=C/C/C=C/C/C=C/C/C=C/CCC(=O)OC(CCCCCCCCC/C=C\C/C=C\CCCCC)CC(=O)NC(CO)C(O)CCCCCCCCCCCCC. The number of aliphatic hydroxyl groups is 2. The molecule has 3 atom stereocenters. The van der Waals surface area contributed by atoms with Crippen LogP contribution < -0.4 is 5.32 Å². The van der Waals surface area contributed by atoms with Crippen molar-refractivity contribution in [2.45, 2.75) is 257 Å². The van der Waals surface area contributed by atoms with Crippen molar-refractivity contribution in [2.24, 2.45) is 0 Å². The third kappa shape index (κ3) is 45.4. The van der Waals surface area contributed by atoms with Crippen molar-refractivity contribution < 1.29 is 24.5 Å². The maximum absolute atomic E-state index is 13.2. The van der Waals surface area contributed by atoms with E-state index in [0.29, 0.717) is 19.3 Å². The zero-order chi connectivity index (χ0) is 45.9. The van der Waals surface area contributed by atoms with Crippen LogP contribution in [0.3, 0.4) is 0 Å². The molecule has 0 aliphatic carbocycles. The second-order valence-corrected chi connectivity index (χ2v) is 17.5. The van der Waals surface area contributed by atoms with Gasteiger partial charge in [0, 0.05) is 6.42 Å². The molecule has 0 bridgehead atoms. The van der Waals surface area contributed by atoms with Crippen LogP contribution in [-0.2, 0) is 14.3 Å². The highest BCUT2D eigenvalue weighted by Crippen LogP contribution is 2.17. The summed E-state index contributed by atoms with van der Waals surface area (Å²) in [6.07, 6.45) is 65.0. The molecule has 0 saturated heterocycles. The number of aliphatic hydroxyl groups excluding tert-OH is 2. The Bertz CT molecular complexity index is 1210. The normalized spacial score (nSPS) is 13.9. The molecule has 0 fully saturated rings. The molecule has 0 aromatic rings. The molecule has 3 N–H and O–H groups in total. The average molecular weight is 878 g/mol. The first kappa shape index (κ1) is 60.0. The van der Waals surface area contributed by atoms with E-state index in [9.17, 15) is 19.8 Å². The van der Waals surface area contributed by atoms with Gasteiger partial charge in [-0.15, -0.1) is 0 Å². The maximum Gasteiger partial charge on any atom is 0.306 e. The molecule has 0 aliphatic rings. The van der Waals surface area contributed by atoms with Crippen LogP contribution in [0, 0.1) is 0 Å². The lowest BCUT2D eigenvalue weighted by atomic mass is 10.0. The molecule has 362 valence electrons. The van der Waals surface area contributed by atoms with Gasteiger partial charge in [0.25, 0.3) is 0 Å². The number of rotatable bonds is 46. The van der Waals surface area contributed by atoms with Crippen LogP contribution in [0.2, 0.25) is 0 Å². The quantitative estimate of drug-likeness (QED) is 0.0322. The Morgan fingerprint density at radius 3 is 1.33 bits per heavy atom. The summed E-state index contributed by atoms with van der Waals surface area (Å²) in [5.41, 5.74) is 0. The van der Waals surface area contributed by atoms with Crippen molar-refractivity contribution >= 4 is 11.9 Å². The molecule has 0 saturated carbocycles. The number of unbranched alkanes of at least 4 members (excludes halogenated alkanes) is 20. The Kier molecular flexibility index (Phi) is 47.7. The number of hydrogen-bond donors (Lipinski definition) is 3. The molecule has 0 heterocycles. The van der Waals surface area contributed by atoms with Crippen LogP contribution in [0.25, 0.3) is 0 Å². The van der Waals surface area contributed by atoms with Crippen molar-refractivity contribution in [3.05, 3.63) is 85.1 Å². The van der Waals surface area contributed by atoms with Crippen molar-refractivity contribution in [3.63, 3.8) is 0 Å². The van der Waals surface area contributed by atoms with E-state index in [4.69, 9.17) is 4.74 Å². The molecule has 0 radical (unpaired) electrons. The highest BCUT2D eigenvalue weighted by Gasteiger charge is 2.24. The Morgan fingerprint density at radius 2 is 0.857 bits per heavy atom. The minimum absolute atomic E-state index is 0.0389. The van der Waals surface area contributed by atoms with Crippen molar-refractivity contribution in [1.82, 2.24) is 5.32 Å². The van der Waals surface area contributed by atoms with Gasteiger partial charge in [0.2, 0.25) is 5.91 Å². The Hall–Kier alpha value is -2.96. The molecule has 0 rings (SSSR count). The first-order valence-corrected chi connectivity index (χ1v) is 26.3. The number of esters is 1. The third-order valence-corrected chi connectivity index (χ3v) is 11.5. The van der Waals surface area contributed by atoms with Gasteiger partial charge in [-0.25, -0.2) is 0 Å². The van der Waals surface area contributed by atoms with E-state index in [1.54, 1.807) is 0 Å². The molecule has 3 unspecified atom stereocenters. The van der Waals surface area contributed by atoms with E-state index in [1.165, 1.54) is 103 Å². The fourth-order valence-corrected chi connectivity index (χ4v) is 7.51. The summed E-state index contributed by atoms with van der Waals surface area (Å²) >= 11 is 0. The first-order valence-electron chi connectivity index (χ1n) is 26.3. The number of carbonyl (C=O) groups is 2. The molecule has 6 nitrogen and oxygen atoms in total. The van der Waals surface area contributed by atoms with Crippen LogP contribution in [0.1, 0.15) is 239 Å². The van der Waals surface area contributed by atoms with E-state index in [2.05, 4.69) is 105 Å². The van der Waals surface area contributed by atoms with Gasteiger partial charge >= 0.3 is 5.97 Å². The van der Waals surface area contributed by atoms with Crippen molar-refractivity contribution in [1.29, 1.82) is 0 Å². The summed E-state index contributed by atoms with van der Waals surface area (Å²) in [4.78, 5) is 26.1. The molecular formula is C57H99NO5. The minimum atomic E-state index is -0.805. The molecule has 0 aromatic carbocycles. The molecule has 0 spiro atoms. The standard InChI is InChI=1S/C57H99NO5/c1-4-7-10-13-16-19-22-24-26-28-29-31-34-36-39-42-45-48-53(63-57(62)50-47-44-41-38-35-32-30-27-25-23-20-17-14-11-8-5-2)51-56(61)58-54(52-59)55(60)49-46-43-40-37-33-21-18-15-12-9-6-3/h8,11,16-17,19-20,24-27,32,35,41,44,53-55,59-60H,4-7,9-10,12-15,18,21-23,28-31,33-34,36-40,42-43,45-52H2,1-3H3,(H,58,61)/b11-8+,19-16-,20-17+,26-24-,27-25+,35-32+,44-41+. The maximum atomic E-state index is 13.2. The lowest BCUT2D eigenvalue weighted by Crippen LogP contribution is -2.46. The van der Waals surface area contributed by atoms with Crippen LogP contribution in [0.15, 0.2) is 85.1 Å². The fraction of sp³-hybridized carbons (Fsp3) is 0.719. The van der Waals surface area contributed by atoms with Gasteiger partial charge in [-0.3, -0.25) is 9.59 Å². The number of ether oxygens (including phenoxy) is 1. The van der Waals surface area contributed by atoms with Gasteiger partial charge in [-0.1, -0.05) is 221 Å². The Labute approximate surface area is 389 Å². The second-order valence-electron chi connectivity index (χ2n) is 17.5. The van der Waals surface area contributed by atoms with Gasteiger partial charge in [-0.05, 0) is 89.9 Å². The topological polar surface area (TPSA) is 95.9 Å². The molecule has 0 aromatic heterocycles. The van der Waals surface area contributed by atoms with E-state index in [-0.39, 0.29) is 31.3 Å². The zero-order valence-electron chi connectivity index (χ0n) is 41.2. The highest BCUT2D eigenvalue weighted by atomic mass is 16.5. The highest BCUT2D eigenvalue weighted by molar-refractivity contribution is 5.77. The number of carbonyl (C=O) groups excluding carboxylic acids is 2. The van der Waals surface area contributed by atoms with Gasteiger partial charge in [0.15, 0.2) is 0 Å². The second kappa shape index (κ2) is 50.0. The predicted octanol–water partition coefficient (Wildman–Crippen LogP) is 16.0. The lowest BCUT2D eigenvalue weighted by Gasteiger charge is -2.24. The summed E-state index contributed by atoms with van der Waals surface area (Å²) in [6.45, 7) is 6.32. The van der Waals surface area contributed by atoms with Crippen molar-refractivity contribution in [3.8, 4) is 0 Å². The summed E-state index contributed by atoms with van der Waals surface area (Å²) in [6, 6.07) is -0.722. The Balaban J connectivity index is 4.73. The number of amides is 1. The van der Waals surface area contributed by atoms with Gasteiger partial charge in [-0.2, -0.15) is 0 Å². The van der Waals surface area contributed by atoms with Crippen LogP contribution in [0.5, 0.6) is 0 Å². The summed E-state index contributed by atoms with van der Waals surface area (Å²) in [5, 5.41) is 23.7. The smallest absolute Gasteiger partial charge is 0.306 e. The summed E-state index contributed by atoms with van der Waals surface area (Å²) in [7, 11) is 0. The van der Waals surface area contributed by atoms with E-state index < -0.39 is 18.2 Å². The zero-order valence-corrected chi connectivity index (χ0v) is 41.2. The lowest BCUT2D eigenvalue weighted by molar-refractivity contribution is -0.150. The largest absolute Gasteiger partial charge is 0.462 e. The van der Waals surface area contributed by atoms with Gasteiger partial charge < -0.3 is 20.3 Å². The van der Waals surface area contributed by atoms with E-state index in [1.807, 2.05) is 6.08 Å². The molecule has 0 aliphatic heterocycles. The number of hydrogen-bond acceptors (Lipinski definition) is 5. The van der Waals surface area contributed by atoms with E-state index in [0.717, 1.165) is 83.5 Å².